The molecule has 0 aliphatic carbocycles. The molecule has 21 heavy (non-hydrogen) atoms. The molecule has 1 aromatic carbocycles. The van der Waals surface area contributed by atoms with Gasteiger partial charge >= 0.3 is 5.97 Å². The van der Waals surface area contributed by atoms with Crippen molar-refractivity contribution in [1.82, 2.24) is 4.90 Å². The average Bonchev–Trinajstić information content (AvgIpc) is 2.52. The number of carbonyl (C=O) groups excluding carboxylic acids is 2. The van der Waals surface area contributed by atoms with E-state index < -0.39 is 0 Å². The Morgan fingerprint density at radius 1 is 1.29 bits per heavy atom. The maximum atomic E-state index is 12.2. The number of nitrogens with zero attached hydrogens (tertiary/aromatic N) is 1. The summed E-state index contributed by atoms with van der Waals surface area (Å²) in [6.45, 7) is 3.38. The van der Waals surface area contributed by atoms with Crippen LogP contribution < -0.4 is 0 Å². The Morgan fingerprint density at radius 3 is 2.62 bits per heavy atom. The molecule has 0 bridgehead atoms. The van der Waals surface area contributed by atoms with Gasteiger partial charge in [-0.1, -0.05) is 29.8 Å². The van der Waals surface area contributed by atoms with E-state index in [-0.39, 0.29) is 17.8 Å². The van der Waals surface area contributed by atoms with E-state index in [9.17, 15) is 9.59 Å². The summed E-state index contributed by atoms with van der Waals surface area (Å²) in [7, 11) is 1.42. The summed E-state index contributed by atoms with van der Waals surface area (Å²) >= 11 is 0. The molecule has 1 aliphatic heterocycles. The van der Waals surface area contributed by atoms with Crippen LogP contribution in [0.3, 0.4) is 0 Å². The van der Waals surface area contributed by atoms with E-state index in [0.717, 1.165) is 6.42 Å². The molecule has 114 valence electrons. The fourth-order valence-electron chi connectivity index (χ4n) is 2.81. The second-order valence-electron chi connectivity index (χ2n) is 5.67. The second kappa shape index (κ2) is 7.25. The maximum absolute atomic E-state index is 12.2. The normalized spacial score (nSPS) is 15.8. The lowest BCUT2D eigenvalue weighted by atomic mass is 9.96. The summed E-state index contributed by atoms with van der Waals surface area (Å²) in [5, 5.41) is 0. The highest BCUT2D eigenvalue weighted by atomic mass is 16.5. The van der Waals surface area contributed by atoms with Gasteiger partial charge in [0, 0.05) is 19.5 Å². The Hall–Kier alpha value is -1.84. The van der Waals surface area contributed by atoms with E-state index in [1.165, 1.54) is 18.2 Å². The van der Waals surface area contributed by atoms with E-state index in [4.69, 9.17) is 4.74 Å². The van der Waals surface area contributed by atoms with Crippen molar-refractivity contribution in [3.63, 3.8) is 0 Å². The molecule has 1 aliphatic rings. The third kappa shape index (κ3) is 4.31. The number of methoxy groups -OCH3 is 1. The summed E-state index contributed by atoms with van der Waals surface area (Å²) in [4.78, 5) is 25.5. The lowest BCUT2D eigenvalue weighted by Crippen LogP contribution is -2.40. The molecular formula is C17H23NO3. The predicted octanol–water partition coefficient (Wildman–Crippen LogP) is 2.34. The first-order valence-corrected chi connectivity index (χ1v) is 7.51. The number of amides is 1. The molecule has 1 saturated heterocycles. The molecule has 2 rings (SSSR count). The molecule has 0 N–H and O–H groups in total. The second-order valence-corrected chi connectivity index (χ2v) is 5.67. The van der Waals surface area contributed by atoms with Gasteiger partial charge in [0.05, 0.1) is 13.0 Å². The van der Waals surface area contributed by atoms with Crippen LogP contribution in [0.15, 0.2) is 24.3 Å². The van der Waals surface area contributed by atoms with Gasteiger partial charge < -0.3 is 9.64 Å². The van der Waals surface area contributed by atoms with Crippen LogP contribution in [0, 0.1) is 12.8 Å². The van der Waals surface area contributed by atoms with Crippen molar-refractivity contribution in [3.8, 4) is 0 Å². The number of hydrogen-bond acceptors (Lipinski definition) is 3. The maximum Gasteiger partial charge on any atom is 0.308 e. The van der Waals surface area contributed by atoms with Gasteiger partial charge in [0.15, 0.2) is 0 Å². The summed E-state index contributed by atoms with van der Waals surface area (Å²) in [6.07, 6.45) is 2.73. The Balaban J connectivity index is 1.78. The molecule has 4 nitrogen and oxygen atoms in total. The molecule has 0 radical (unpaired) electrons. The lowest BCUT2D eigenvalue weighted by Gasteiger charge is -2.30. The highest BCUT2D eigenvalue weighted by Gasteiger charge is 2.27. The molecule has 0 saturated carbocycles. The van der Waals surface area contributed by atoms with Gasteiger partial charge in [0.2, 0.25) is 5.91 Å². The molecule has 0 unspecified atom stereocenters. The van der Waals surface area contributed by atoms with Gasteiger partial charge in [0.25, 0.3) is 0 Å². The topological polar surface area (TPSA) is 46.6 Å². The molecule has 1 fully saturated rings. The van der Waals surface area contributed by atoms with Crippen molar-refractivity contribution < 1.29 is 14.3 Å². The molecule has 1 heterocycles. The lowest BCUT2D eigenvalue weighted by molar-refractivity contribution is -0.148. The first kappa shape index (κ1) is 15.5. The van der Waals surface area contributed by atoms with Crippen LogP contribution in [0.2, 0.25) is 0 Å². The number of carbonyl (C=O) groups is 2. The summed E-state index contributed by atoms with van der Waals surface area (Å²) in [5.74, 6) is -0.0162. The first-order chi connectivity index (χ1) is 10.1. The van der Waals surface area contributed by atoms with Gasteiger partial charge in [-0.15, -0.1) is 0 Å². The van der Waals surface area contributed by atoms with Crippen LogP contribution in [0.1, 0.15) is 30.4 Å². The Morgan fingerprint density at radius 2 is 2.00 bits per heavy atom. The standard InChI is InChI=1S/C17H23NO3/c1-13-4-3-5-14(12-13)6-7-16(19)18-10-8-15(9-11-18)17(20)21-2/h3-5,12,15H,6-11H2,1-2H3. The molecule has 0 aromatic heterocycles. The van der Waals surface area contributed by atoms with Crippen LogP contribution in [0.4, 0.5) is 0 Å². The van der Waals surface area contributed by atoms with E-state index >= 15 is 0 Å². The number of likely N-dealkylation sites (tertiary alicyclic amines) is 1. The third-order valence-electron chi connectivity index (χ3n) is 4.09. The molecule has 1 aromatic rings. The van der Waals surface area contributed by atoms with E-state index in [2.05, 4.69) is 25.1 Å². The summed E-state index contributed by atoms with van der Waals surface area (Å²) in [5.41, 5.74) is 2.42. The van der Waals surface area contributed by atoms with Crippen LogP contribution >= 0.6 is 0 Å². The highest BCUT2D eigenvalue weighted by molar-refractivity contribution is 5.77. The number of piperidine rings is 1. The zero-order chi connectivity index (χ0) is 15.2. The highest BCUT2D eigenvalue weighted by Crippen LogP contribution is 2.19. The summed E-state index contributed by atoms with van der Waals surface area (Å²) < 4.78 is 4.76. The van der Waals surface area contributed by atoms with Crippen molar-refractivity contribution in [2.75, 3.05) is 20.2 Å². The number of rotatable bonds is 4. The quantitative estimate of drug-likeness (QED) is 0.799. The zero-order valence-electron chi connectivity index (χ0n) is 12.8. The van der Waals surface area contributed by atoms with Crippen molar-refractivity contribution in [2.45, 2.75) is 32.6 Å². The van der Waals surface area contributed by atoms with Crippen LogP contribution in [-0.4, -0.2) is 37.0 Å². The van der Waals surface area contributed by atoms with Crippen molar-refractivity contribution in [1.29, 1.82) is 0 Å². The molecule has 0 spiro atoms. The van der Waals surface area contributed by atoms with Crippen molar-refractivity contribution in [2.24, 2.45) is 5.92 Å². The fourth-order valence-corrected chi connectivity index (χ4v) is 2.81. The smallest absolute Gasteiger partial charge is 0.308 e. The summed E-state index contributed by atoms with van der Waals surface area (Å²) in [6, 6.07) is 8.26. The Bertz CT molecular complexity index is 505. The minimum absolute atomic E-state index is 0.0455. The van der Waals surface area contributed by atoms with Gasteiger partial charge in [-0.2, -0.15) is 0 Å². The molecular weight excluding hydrogens is 266 g/mol. The van der Waals surface area contributed by atoms with Crippen LogP contribution in [-0.2, 0) is 20.7 Å². The first-order valence-electron chi connectivity index (χ1n) is 7.51. The Kier molecular flexibility index (Phi) is 5.37. The third-order valence-corrected chi connectivity index (χ3v) is 4.09. The largest absolute Gasteiger partial charge is 0.469 e. The van der Waals surface area contributed by atoms with Gasteiger partial charge in [0.1, 0.15) is 0 Å². The fraction of sp³-hybridized carbons (Fsp3) is 0.529. The number of aryl methyl sites for hydroxylation is 2. The van der Waals surface area contributed by atoms with Gasteiger partial charge in [-0.25, -0.2) is 0 Å². The number of hydrogen-bond donors (Lipinski definition) is 0. The minimum Gasteiger partial charge on any atom is -0.469 e. The number of benzene rings is 1. The minimum atomic E-state index is -0.151. The molecule has 4 heteroatoms. The number of ether oxygens (including phenoxy) is 1. The van der Waals surface area contributed by atoms with Gasteiger partial charge in [-0.05, 0) is 31.7 Å². The van der Waals surface area contributed by atoms with E-state index in [0.29, 0.717) is 32.4 Å². The monoisotopic (exact) mass is 289 g/mol. The zero-order valence-corrected chi connectivity index (χ0v) is 12.8. The van der Waals surface area contributed by atoms with Crippen LogP contribution in [0.25, 0.3) is 0 Å². The van der Waals surface area contributed by atoms with E-state index in [1.54, 1.807) is 0 Å². The SMILES string of the molecule is COC(=O)C1CCN(C(=O)CCc2cccc(C)c2)CC1. The van der Waals surface area contributed by atoms with Gasteiger partial charge in [-0.3, -0.25) is 9.59 Å². The van der Waals surface area contributed by atoms with E-state index in [1.807, 2.05) is 11.0 Å². The van der Waals surface area contributed by atoms with Crippen molar-refractivity contribution >= 4 is 11.9 Å². The van der Waals surface area contributed by atoms with Crippen molar-refractivity contribution in [3.05, 3.63) is 35.4 Å². The average molecular weight is 289 g/mol. The van der Waals surface area contributed by atoms with Crippen LogP contribution in [0.5, 0.6) is 0 Å². The predicted molar refractivity (Wildman–Crippen MR) is 80.8 cm³/mol. The molecule has 1 amide bonds. The number of esters is 1. The molecule has 0 atom stereocenters. The Labute approximate surface area is 126 Å².